The van der Waals surface area contributed by atoms with Gasteiger partial charge in [-0.1, -0.05) is 47.5 Å². The number of hydrogen-bond acceptors (Lipinski definition) is 7. The Morgan fingerprint density at radius 1 is 1.05 bits per heavy atom. The highest BCUT2D eigenvalue weighted by Crippen LogP contribution is 2.37. The average Bonchev–Trinajstić information content (AvgIpc) is 3.86. The molecular weight excluding hydrogens is 577 g/mol. The first kappa shape index (κ1) is 29.1. The van der Waals surface area contributed by atoms with E-state index in [1.807, 2.05) is 35.2 Å². The van der Waals surface area contributed by atoms with E-state index in [4.69, 9.17) is 16.3 Å². The second kappa shape index (κ2) is 12.3. The fraction of sp³-hybridized carbons (Fsp3) is 0.419. The van der Waals surface area contributed by atoms with E-state index in [-0.39, 0.29) is 35.5 Å². The molecule has 0 radical (unpaired) electrons. The van der Waals surface area contributed by atoms with Gasteiger partial charge < -0.3 is 24.2 Å². The molecule has 0 atom stereocenters. The van der Waals surface area contributed by atoms with Crippen molar-refractivity contribution < 1.29 is 23.8 Å². The van der Waals surface area contributed by atoms with Gasteiger partial charge in [0, 0.05) is 63.1 Å². The number of benzene rings is 1. The smallest absolute Gasteiger partial charge is 0.410 e. The van der Waals surface area contributed by atoms with E-state index in [9.17, 15) is 19.5 Å². The molecule has 2 aliphatic heterocycles. The number of aromatic nitrogens is 2. The second-order valence-electron chi connectivity index (χ2n) is 11.3. The van der Waals surface area contributed by atoms with Crippen LogP contribution in [-0.2, 0) is 11.3 Å². The van der Waals surface area contributed by atoms with Crippen LogP contribution in [0.1, 0.15) is 47.6 Å². The van der Waals surface area contributed by atoms with Crippen molar-refractivity contribution in [2.24, 2.45) is 0 Å². The SMILES string of the molecule is O=C(O)c1cn(C2CC2)c2nc(N3CCC(=C(Cl)CN4CCN(C(=O)OCc5ccccc5)CC4)CC3)c(F)cc2c1=O. The zero-order valence-electron chi connectivity index (χ0n) is 23.7. The fourth-order valence-corrected chi connectivity index (χ4v) is 6.07. The molecule has 1 aliphatic carbocycles. The summed E-state index contributed by atoms with van der Waals surface area (Å²) in [5.74, 6) is -1.82. The largest absolute Gasteiger partial charge is 0.477 e. The Labute approximate surface area is 252 Å². The summed E-state index contributed by atoms with van der Waals surface area (Å²) in [4.78, 5) is 47.2. The van der Waals surface area contributed by atoms with Crippen molar-refractivity contribution in [3.8, 4) is 0 Å². The third kappa shape index (κ3) is 6.37. The molecule has 0 unspecified atom stereocenters. The highest BCUT2D eigenvalue weighted by atomic mass is 35.5. The van der Waals surface area contributed by atoms with Gasteiger partial charge in [0.05, 0.1) is 5.39 Å². The number of aromatic carboxylic acids is 1. The van der Waals surface area contributed by atoms with Crippen molar-refractivity contribution in [1.29, 1.82) is 0 Å². The average molecular weight is 610 g/mol. The van der Waals surface area contributed by atoms with Crippen LogP contribution in [0, 0.1) is 5.82 Å². The number of carbonyl (C=O) groups is 2. The minimum absolute atomic E-state index is 0.0155. The van der Waals surface area contributed by atoms with Crippen molar-refractivity contribution in [2.75, 3.05) is 50.7 Å². The molecule has 1 amide bonds. The lowest BCUT2D eigenvalue weighted by atomic mass is 10.0. The summed E-state index contributed by atoms with van der Waals surface area (Å²) in [6.07, 6.45) is 4.04. The van der Waals surface area contributed by atoms with Gasteiger partial charge in [-0.15, -0.1) is 0 Å². The molecule has 6 rings (SSSR count). The monoisotopic (exact) mass is 609 g/mol. The standard InChI is InChI=1S/C31H33ClFN5O5/c32-25(18-35-12-14-37(15-13-35)31(42)43-19-20-4-2-1-3-5-20)21-8-10-36(11-9-21)29-26(33)16-23-27(39)24(30(40)41)17-38(22-6-7-22)28(23)34-29/h1-5,16-17,22H,6-15,18-19H2,(H,40,41). The molecule has 3 fully saturated rings. The first-order chi connectivity index (χ1) is 20.8. The number of carboxylic acid groups (broad SMARTS) is 1. The van der Waals surface area contributed by atoms with Crippen molar-refractivity contribution in [2.45, 2.75) is 38.3 Å². The third-order valence-corrected chi connectivity index (χ3v) is 8.75. The van der Waals surface area contributed by atoms with Gasteiger partial charge in [0.15, 0.2) is 11.6 Å². The molecule has 2 saturated heterocycles. The number of rotatable bonds is 7. The number of pyridine rings is 2. The molecule has 4 heterocycles. The van der Waals surface area contributed by atoms with Crippen LogP contribution in [0.3, 0.4) is 0 Å². The van der Waals surface area contributed by atoms with Gasteiger partial charge in [0.1, 0.15) is 17.8 Å². The van der Waals surface area contributed by atoms with Gasteiger partial charge in [-0.05, 0) is 37.3 Å². The van der Waals surface area contributed by atoms with E-state index in [2.05, 4.69) is 9.88 Å². The number of nitrogens with zero attached hydrogens (tertiary/aromatic N) is 5. The zero-order valence-corrected chi connectivity index (χ0v) is 24.4. The summed E-state index contributed by atoms with van der Waals surface area (Å²) in [5.41, 5.74) is 1.28. The van der Waals surface area contributed by atoms with Gasteiger partial charge in [0.2, 0.25) is 5.43 Å². The summed E-state index contributed by atoms with van der Waals surface area (Å²) in [6, 6.07) is 10.8. The summed E-state index contributed by atoms with van der Waals surface area (Å²) in [7, 11) is 0. The van der Waals surface area contributed by atoms with Crippen LogP contribution in [0.15, 0.2) is 58.0 Å². The van der Waals surface area contributed by atoms with E-state index in [0.717, 1.165) is 35.1 Å². The number of amides is 1. The molecule has 43 heavy (non-hydrogen) atoms. The minimum Gasteiger partial charge on any atom is -0.477 e. The van der Waals surface area contributed by atoms with Gasteiger partial charge >= 0.3 is 12.1 Å². The molecule has 3 aliphatic rings. The van der Waals surface area contributed by atoms with Crippen molar-refractivity contribution in [3.05, 3.63) is 80.4 Å². The number of fused-ring (bicyclic) bond motifs is 1. The van der Waals surface area contributed by atoms with E-state index in [1.54, 1.807) is 9.47 Å². The van der Waals surface area contributed by atoms with Crippen LogP contribution < -0.4 is 10.3 Å². The topological polar surface area (TPSA) is 108 Å². The number of halogens is 2. The highest BCUT2D eigenvalue weighted by Gasteiger charge is 2.30. The quantitative estimate of drug-likeness (QED) is 0.414. The number of carbonyl (C=O) groups excluding carboxylic acids is 1. The Balaban J connectivity index is 1.06. The van der Waals surface area contributed by atoms with Crippen LogP contribution in [0.4, 0.5) is 15.0 Å². The van der Waals surface area contributed by atoms with Crippen molar-refractivity contribution in [1.82, 2.24) is 19.4 Å². The summed E-state index contributed by atoms with van der Waals surface area (Å²) < 4.78 is 22.4. The predicted octanol–water partition coefficient (Wildman–Crippen LogP) is 4.62. The maximum Gasteiger partial charge on any atom is 0.410 e. The Hall–Kier alpha value is -3.96. The first-order valence-electron chi connectivity index (χ1n) is 14.6. The van der Waals surface area contributed by atoms with Crippen LogP contribution in [0.5, 0.6) is 0 Å². The number of piperazine rings is 1. The third-order valence-electron chi connectivity index (χ3n) is 8.36. The summed E-state index contributed by atoms with van der Waals surface area (Å²) in [5, 5.41) is 10.2. The maximum atomic E-state index is 15.3. The summed E-state index contributed by atoms with van der Waals surface area (Å²) >= 11 is 6.77. The van der Waals surface area contributed by atoms with Crippen LogP contribution in [0.25, 0.3) is 11.0 Å². The zero-order chi connectivity index (χ0) is 30.1. The van der Waals surface area contributed by atoms with Crippen molar-refractivity contribution >= 4 is 40.5 Å². The molecule has 1 saturated carbocycles. The molecule has 0 spiro atoms. The van der Waals surface area contributed by atoms with Crippen LogP contribution >= 0.6 is 11.6 Å². The normalized spacial score (nSPS) is 17.8. The number of anilines is 1. The molecule has 3 aromatic rings. The molecule has 10 nitrogen and oxygen atoms in total. The van der Waals surface area contributed by atoms with Gasteiger partial charge in [-0.3, -0.25) is 9.69 Å². The number of piperidine rings is 1. The van der Waals surface area contributed by atoms with E-state index >= 15 is 4.39 Å². The maximum absolute atomic E-state index is 15.3. The molecular formula is C31H33ClFN5O5. The van der Waals surface area contributed by atoms with Crippen LogP contribution in [-0.4, -0.2) is 82.3 Å². The molecule has 226 valence electrons. The van der Waals surface area contributed by atoms with Crippen molar-refractivity contribution in [3.63, 3.8) is 0 Å². The van der Waals surface area contributed by atoms with Gasteiger partial charge in [-0.25, -0.2) is 19.0 Å². The van der Waals surface area contributed by atoms with E-state index in [0.29, 0.717) is 64.3 Å². The Morgan fingerprint density at radius 3 is 2.40 bits per heavy atom. The molecule has 1 N–H and O–H groups in total. The Bertz CT molecular complexity index is 1620. The molecule has 2 aromatic heterocycles. The summed E-state index contributed by atoms with van der Waals surface area (Å²) in [6.45, 7) is 4.38. The highest BCUT2D eigenvalue weighted by molar-refractivity contribution is 6.30. The molecule has 0 bridgehead atoms. The lowest BCUT2D eigenvalue weighted by molar-refractivity contribution is 0.0693. The first-order valence-corrected chi connectivity index (χ1v) is 14.9. The number of carboxylic acids is 1. The number of hydrogen-bond donors (Lipinski definition) is 1. The lowest BCUT2D eigenvalue weighted by Crippen LogP contribution is -2.49. The fourth-order valence-electron chi connectivity index (χ4n) is 5.71. The Morgan fingerprint density at radius 2 is 1.74 bits per heavy atom. The Kier molecular flexibility index (Phi) is 8.36. The molecule has 1 aromatic carbocycles. The minimum atomic E-state index is -1.33. The number of ether oxygens (including phenoxy) is 1. The van der Waals surface area contributed by atoms with Crippen LogP contribution in [0.2, 0.25) is 0 Å². The van der Waals surface area contributed by atoms with Gasteiger partial charge in [0.25, 0.3) is 0 Å². The lowest BCUT2D eigenvalue weighted by Gasteiger charge is -2.35. The second-order valence-corrected chi connectivity index (χ2v) is 11.7. The van der Waals surface area contributed by atoms with Gasteiger partial charge in [-0.2, -0.15) is 0 Å². The molecule has 12 heteroatoms. The van der Waals surface area contributed by atoms with E-state index < -0.39 is 17.2 Å². The predicted molar refractivity (Wildman–Crippen MR) is 160 cm³/mol. The van der Waals surface area contributed by atoms with E-state index in [1.165, 1.54) is 6.20 Å².